The zero-order chi connectivity index (χ0) is 15.9. The van der Waals surface area contributed by atoms with Gasteiger partial charge in [-0.3, -0.25) is 9.59 Å². The van der Waals surface area contributed by atoms with Crippen LogP contribution in [0.5, 0.6) is 0 Å². The highest BCUT2D eigenvalue weighted by Crippen LogP contribution is 2.21. The lowest BCUT2D eigenvalue weighted by molar-refractivity contribution is -0.121. The third kappa shape index (κ3) is 4.56. The lowest BCUT2D eigenvalue weighted by Crippen LogP contribution is -2.33. The highest BCUT2D eigenvalue weighted by atomic mass is 16.3. The molecule has 22 heavy (non-hydrogen) atoms. The minimum Gasteiger partial charge on any atom is -0.391 e. The summed E-state index contributed by atoms with van der Waals surface area (Å²) in [5, 5.41) is 12.3. The van der Waals surface area contributed by atoms with E-state index < -0.39 is 6.10 Å². The first-order valence-corrected chi connectivity index (χ1v) is 7.94. The van der Waals surface area contributed by atoms with E-state index in [4.69, 9.17) is 0 Å². The predicted octanol–water partition coefficient (Wildman–Crippen LogP) is 1.63. The normalized spacial score (nSPS) is 15.9. The molecule has 0 radical (unpaired) electrons. The van der Waals surface area contributed by atoms with Gasteiger partial charge in [-0.2, -0.15) is 0 Å². The molecule has 120 valence electrons. The topological polar surface area (TPSA) is 69.6 Å². The molecule has 0 aliphatic carbocycles. The zero-order valence-electron chi connectivity index (χ0n) is 13.0. The van der Waals surface area contributed by atoms with Gasteiger partial charge in [-0.1, -0.05) is 25.5 Å². The largest absolute Gasteiger partial charge is 0.391 e. The van der Waals surface area contributed by atoms with Crippen molar-refractivity contribution in [2.24, 2.45) is 0 Å². The number of nitrogens with zero attached hydrogens (tertiary/aromatic N) is 1. The minimum atomic E-state index is -0.475. The number of hydrogen-bond acceptors (Lipinski definition) is 3. The van der Waals surface area contributed by atoms with Gasteiger partial charge in [-0.15, -0.1) is 0 Å². The van der Waals surface area contributed by atoms with Crippen LogP contribution in [0.4, 0.5) is 5.69 Å². The Bertz CT molecular complexity index is 513. The number of aliphatic hydroxyl groups excluding tert-OH is 1. The molecule has 1 aromatic carbocycles. The smallest absolute Gasteiger partial charge is 0.227 e. The van der Waals surface area contributed by atoms with Crippen molar-refractivity contribution in [3.8, 4) is 0 Å². The van der Waals surface area contributed by atoms with Crippen LogP contribution in [0, 0.1) is 0 Å². The minimum absolute atomic E-state index is 0.0971. The molecule has 1 heterocycles. The Balaban J connectivity index is 1.83. The molecule has 0 spiro atoms. The Hall–Kier alpha value is -1.88. The Labute approximate surface area is 131 Å². The van der Waals surface area contributed by atoms with Crippen LogP contribution < -0.4 is 10.2 Å². The highest BCUT2D eigenvalue weighted by molar-refractivity contribution is 5.95. The second-order valence-electron chi connectivity index (χ2n) is 5.74. The average Bonchev–Trinajstić information content (AvgIpc) is 2.92. The van der Waals surface area contributed by atoms with Gasteiger partial charge < -0.3 is 15.3 Å². The maximum absolute atomic E-state index is 11.8. The molecule has 1 unspecified atom stereocenters. The molecule has 5 nitrogen and oxygen atoms in total. The van der Waals surface area contributed by atoms with Crippen molar-refractivity contribution in [3.63, 3.8) is 0 Å². The first-order chi connectivity index (χ1) is 10.6. The van der Waals surface area contributed by atoms with Crippen molar-refractivity contribution in [3.05, 3.63) is 29.8 Å². The Morgan fingerprint density at radius 1 is 1.36 bits per heavy atom. The summed E-state index contributed by atoms with van der Waals surface area (Å²) >= 11 is 0. The van der Waals surface area contributed by atoms with Crippen LogP contribution in [0.3, 0.4) is 0 Å². The van der Waals surface area contributed by atoms with Gasteiger partial charge >= 0.3 is 0 Å². The number of amides is 2. The third-order valence-corrected chi connectivity index (χ3v) is 3.84. The van der Waals surface area contributed by atoms with Gasteiger partial charge in [0.2, 0.25) is 11.8 Å². The van der Waals surface area contributed by atoms with Gasteiger partial charge in [0.1, 0.15) is 0 Å². The monoisotopic (exact) mass is 304 g/mol. The first kappa shape index (κ1) is 16.5. The van der Waals surface area contributed by atoms with Gasteiger partial charge in [0.15, 0.2) is 0 Å². The molecule has 1 fully saturated rings. The summed E-state index contributed by atoms with van der Waals surface area (Å²) in [7, 11) is 0. The number of carbonyl (C=O) groups is 2. The summed E-state index contributed by atoms with van der Waals surface area (Å²) in [6.07, 6.45) is 2.92. The second kappa shape index (κ2) is 7.94. The summed E-state index contributed by atoms with van der Waals surface area (Å²) in [4.78, 5) is 25.3. The average molecular weight is 304 g/mol. The van der Waals surface area contributed by atoms with Gasteiger partial charge in [0.25, 0.3) is 0 Å². The van der Waals surface area contributed by atoms with E-state index in [0.29, 0.717) is 19.4 Å². The van der Waals surface area contributed by atoms with Gasteiger partial charge in [-0.25, -0.2) is 0 Å². The molecule has 2 amide bonds. The summed E-state index contributed by atoms with van der Waals surface area (Å²) in [5.74, 6) is 0.0653. The number of rotatable bonds is 7. The number of benzene rings is 1. The molecule has 0 saturated carbocycles. The SMILES string of the molecule is CCCC(O)CNC(=O)Cc1ccc(N2CCCC2=O)cc1. The van der Waals surface area contributed by atoms with Crippen LogP contribution in [0.15, 0.2) is 24.3 Å². The van der Waals surface area contributed by atoms with Crippen LogP contribution in [0.1, 0.15) is 38.2 Å². The number of aliphatic hydroxyl groups is 1. The predicted molar refractivity (Wildman–Crippen MR) is 85.7 cm³/mol. The van der Waals surface area contributed by atoms with E-state index in [-0.39, 0.29) is 18.2 Å². The maximum atomic E-state index is 11.8. The molecule has 0 aromatic heterocycles. The maximum Gasteiger partial charge on any atom is 0.227 e. The fourth-order valence-electron chi connectivity index (χ4n) is 2.63. The molecule has 1 aliphatic heterocycles. The Morgan fingerprint density at radius 2 is 2.09 bits per heavy atom. The van der Waals surface area contributed by atoms with E-state index in [1.165, 1.54) is 0 Å². The van der Waals surface area contributed by atoms with Crippen molar-refractivity contribution in [2.75, 3.05) is 18.0 Å². The van der Waals surface area contributed by atoms with Crippen LogP contribution in [0.25, 0.3) is 0 Å². The van der Waals surface area contributed by atoms with E-state index in [1.54, 1.807) is 4.90 Å². The van der Waals surface area contributed by atoms with Crippen molar-refractivity contribution in [1.82, 2.24) is 5.32 Å². The molecule has 1 aromatic rings. The molecule has 5 heteroatoms. The van der Waals surface area contributed by atoms with Crippen LogP contribution in [-0.2, 0) is 16.0 Å². The summed E-state index contributed by atoms with van der Waals surface area (Å²) in [6.45, 7) is 3.07. The molecule has 2 N–H and O–H groups in total. The summed E-state index contributed by atoms with van der Waals surface area (Å²) < 4.78 is 0. The standard InChI is InChI=1S/C17H24N2O3/c1-2-4-15(20)12-18-16(21)11-13-6-8-14(9-7-13)19-10-3-5-17(19)22/h6-9,15,20H,2-5,10-12H2,1H3,(H,18,21). The second-order valence-corrected chi connectivity index (χ2v) is 5.74. The molecule has 1 saturated heterocycles. The van der Waals surface area contributed by atoms with E-state index in [0.717, 1.165) is 30.6 Å². The fraction of sp³-hybridized carbons (Fsp3) is 0.529. The van der Waals surface area contributed by atoms with Crippen molar-refractivity contribution in [2.45, 2.75) is 45.1 Å². The summed E-state index contributed by atoms with van der Waals surface area (Å²) in [6, 6.07) is 7.53. The highest BCUT2D eigenvalue weighted by Gasteiger charge is 2.21. The number of carbonyl (C=O) groups excluding carboxylic acids is 2. The molecule has 2 rings (SSSR count). The molecule has 0 bridgehead atoms. The van der Waals surface area contributed by atoms with Crippen molar-refractivity contribution in [1.29, 1.82) is 0 Å². The van der Waals surface area contributed by atoms with E-state index in [1.807, 2.05) is 31.2 Å². The third-order valence-electron chi connectivity index (χ3n) is 3.84. The first-order valence-electron chi connectivity index (χ1n) is 7.94. The van der Waals surface area contributed by atoms with Gasteiger partial charge in [0.05, 0.1) is 12.5 Å². The van der Waals surface area contributed by atoms with Gasteiger partial charge in [0, 0.05) is 25.2 Å². The van der Waals surface area contributed by atoms with Crippen LogP contribution in [0.2, 0.25) is 0 Å². The number of anilines is 1. The lowest BCUT2D eigenvalue weighted by atomic mass is 10.1. The zero-order valence-corrected chi connectivity index (χ0v) is 13.0. The lowest BCUT2D eigenvalue weighted by Gasteiger charge is -2.16. The number of nitrogens with one attached hydrogen (secondary N) is 1. The van der Waals surface area contributed by atoms with E-state index in [2.05, 4.69) is 5.32 Å². The Kier molecular flexibility index (Phi) is 5.95. The number of hydrogen-bond donors (Lipinski definition) is 2. The van der Waals surface area contributed by atoms with Crippen molar-refractivity contribution >= 4 is 17.5 Å². The van der Waals surface area contributed by atoms with Gasteiger partial charge in [-0.05, 0) is 30.5 Å². The van der Waals surface area contributed by atoms with Crippen LogP contribution >= 0.6 is 0 Å². The van der Waals surface area contributed by atoms with Crippen molar-refractivity contribution < 1.29 is 14.7 Å². The molecule has 1 atom stereocenters. The molecular formula is C17H24N2O3. The molecular weight excluding hydrogens is 280 g/mol. The van der Waals surface area contributed by atoms with Crippen LogP contribution in [-0.4, -0.2) is 36.1 Å². The summed E-state index contributed by atoms with van der Waals surface area (Å²) in [5.41, 5.74) is 1.79. The van der Waals surface area contributed by atoms with E-state index in [9.17, 15) is 14.7 Å². The Morgan fingerprint density at radius 3 is 2.68 bits per heavy atom. The van der Waals surface area contributed by atoms with E-state index >= 15 is 0 Å². The molecule has 1 aliphatic rings. The quantitative estimate of drug-likeness (QED) is 0.804. The fourth-order valence-corrected chi connectivity index (χ4v) is 2.63.